The number of benzene rings is 2. The van der Waals surface area contributed by atoms with Gasteiger partial charge in [0.05, 0.1) is 0 Å². The Bertz CT molecular complexity index is 1140. The van der Waals surface area contributed by atoms with Gasteiger partial charge in [0.2, 0.25) is 5.76 Å². The number of anilines is 1. The van der Waals surface area contributed by atoms with Gasteiger partial charge in [0.25, 0.3) is 5.91 Å². The number of fused-ring (bicyclic) bond motifs is 1. The molecule has 158 valence electrons. The fraction of sp³-hybridized carbons (Fsp3) is 0.240. The molecule has 0 fully saturated rings. The number of ketones is 1. The maximum absolute atomic E-state index is 12.4. The number of furan rings is 1. The van der Waals surface area contributed by atoms with Crippen LogP contribution in [-0.4, -0.2) is 23.8 Å². The standard InChI is InChI=1S/C25H23NO5/c1-15(27)17-6-8-19(9-7-17)22-12-13-23(31-22)25(29)30-16(2)24(28)26-21-11-10-18-4-3-5-20(18)14-21/h6-14,16H,3-5H2,1-2H3,(H,26,28)/t16-/m0/s1. The quantitative estimate of drug-likeness (QED) is 0.459. The molecule has 0 unspecified atom stereocenters. The first kappa shape index (κ1) is 20.6. The number of hydrogen-bond donors (Lipinski definition) is 1. The van der Waals surface area contributed by atoms with Gasteiger partial charge in [-0.1, -0.05) is 30.3 Å². The summed E-state index contributed by atoms with van der Waals surface area (Å²) >= 11 is 0. The number of aryl methyl sites for hydroxylation is 2. The molecule has 1 aromatic heterocycles. The summed E-state index contributed by atoms with van der Waals surface area (Å²) in [4.78, 5) is 36.3. The maximum atomic E-state index is 12.4. The summed E-state index contributed by atoms with van der Waals surface area (Å²) in [7, 11) is 0. The van der Waals surface area contributed by atoms with Crippen LogP contribution >= 0.6 is 0 Å². The van der Waals surface area contributed by atoms with Gasteiger partial charge in [0.1, 0.15) is 5.76 Å². The van der Waals surface area contributed by atoms with Crippen molar-refractivity contribution in [1.29, 1.82) is 0 Å². The summed E-state index contributed by atoms with van der Waals surface area (Å²) in [6.07, 6.45) is 2.24. The summed E-state index contributed by atoms with van der Waals surface area (Å²) in [5, 5.41) is 2.80. The predicted octanol–water partition coefficient (Wildman–Crippen LogP) is 4.82. The van der Waals surface area contributed by atoms with Crippen LogP contribution in [0.1, 0.15) is 52.3 Å². The van der Waals surface area contributed by atoms with Crippen LogP contribution in [0.3, 0.4) is 0 Å². The molecule has 3 aromatic rings. The Morgan fingerprint density at radius 1 is 0.968 bits per heavy atom. The average molecular weight is 417 g/mol. The highest BCUT2D eigenvalue weighted by Gasteiger charge is 2.22. The van der Waals surface area contributed by atoms with Crippen LogP contribution in [0, 0.1) is 0 Å². The molecule has 0 spiro atoms. The number of nitrogens with one attached hydrogen (secondary N) is 1. The van der Waals surface area contributed by atoms with Crippen molar-refractivity contribution in [3.05, 3.63) is 77.0 Å². The molecule has 1 heterocycles. The maximum Gasteiger partial charge on any atom is 0.375 e. The molecule has 1 atom stereocenters. The normalized spacial score (nSPS) is 13.4. The van der Waals surface area contributed by atoms with Crippen LogP contribution in [0.2, 0.25) is 0 Å². The lowest BCUT2D eigenvalue weighted by molar-refractivity contribution is -0.123. The molecule has 4 rings (SSSR count). The molecule has 0 aliphatic heterocycles. The van der Waals surface area contributed by atoms with E-state index in [2.05, 4.69) is 5.32 Å². The molecule has 0 radical (unpaired) electrons. The predicted molar refractivity (Wildman–Crippen MR) is 116 cm³/mol. The van der Waals surface area contributed by atoms with Crippen molar-refractivity contribution in [2.45, 2.75) is 39.2 Å². The molecule has 1 N–H and O–H groups in total. The van der Waals surface area contributed by atoms with Crippen molar-refractivity contribution >= 4 is 23.3 Å². The van der Waals surface area contributed by atoms with Crippen molar-refractivity contribution in [1.82, 2.24) is 0 Å². The lowest BCUT2D eigenvalue weighted by atomic mass is 10.1. The number of hydrogen-bond acceptors (Lipinski definition) is 5. The molecular weight excluding hydrogens is 394 g/mol. The third-order valence-electron chi connectivity index (χ3n) is 5.40. The second kappa shape index (κ2) is 8.60. The van der Waals surface area contributed by atoms with Crippen molar-refractivity contribution in [3.8, 4) is 11.3 Å². The summed E-state index contributed by atoms with van der Waals surface area (Å²) < 4.78 is 10.9. The Morgan fingerprint density at radius 3 is 2.45 bits per heavy atom. The monoisotopic (exact) mass is 417 g/mol. The molecule has 6 heteroatoms. The van der Waals surface area contributed by atoms with Gasteiger partial charge < -0.3 is 14.5 Å². The third-order valence-corrected chi connectivity index (χ3v) is 5.40. The fourth-order valence-electron chi connectivity index (χ4n) is 3.64. The number of carbonyl (C=O) groups excluding carboxylic acids is 3. The van der Waals surface area contributed by atoms with Gasteiger partial charge in [-0.15, -0.1) is 0 Å². The van der Waals surface area contributed by atoms with E-state index in [1.807, 2.05) is 18.2 Å². The second-order valence-corrected chi connectivity index (χ2v) is 7.67. The Kier molecular flexibility index (Phi) is 5.71. The highest BCUT2D eigenvalue weighted by Crippen LogP contribution is 2.26. The first-order valence-corrected chi connectivity index (χ1v) is 10.3. The van der Waals surface area contributed by atoms with Gasteiger partial charge in [-0.2, -0.15) is 0 Å². The average Bonchev–Trinajstić information content (AvgIpc) is 3.43. The number of amides is 1. The van der Waals surface area contributed by atoms with E-state index in [9.17, 15) is 14.4 Å². The number of Topliss-reactive ketones (excluding diaryl/α,β-unsaturated/α-hetero) is 1. The molecule has 0 bridgehead atoms. The van der Waals surface area contributed by atoms with Crippen molar-refractivity contribution < 1.29 is 23.5 Å². The summed E-state index contributed by atoms with van der Waals surface area (Å²) in [5.74, 6) is -0.677. The summed E-state index contributed by atoms with van der Waals surface area (Å²) in [6, 6.07) is 15.9. The molecule has 6 nitrogen and oxygen atoms in total. The van der Waals surface area contributed by atoms with E-state index in [0.29, 0.717) is 17.0 Å². The highest BCUT2D eigenvalue weighted by molar-refractivity contribution is 5.97. The van der Waals surface area contributed by atoms with Crippen LogP contribution in [-0.2, 0) is 22.4 Å². The molecule has 1 aliphatic carbocycles. The third kappa shape index (κ3) is 4.58. The molecular formula is C25H23NO5. The van der Waals surface area contributed by atoms with Crippen LogP contribution in [0.5, 0.6) is 0 Å². The number of esters is 1. The SMILES string of the molecule is CC(=O)c1ccc(-c2ccc(C(=O)O[C@@H](C)C(=O)Nc3ccc4c(c3)CCC4)o2)cc1. The van der Waals surface area contributed by atoms with Gasteiger partial charge in [0, 0.05) is 16.8 Å². The van der Waals surface area contributed by atoms with E-state index in [4.69, 9.17) is 9.15 Å². The fourth-order valence-corrected chi connectivity index (χ4v) is 3.64. The second-order valence-electron chi connectivity index (χ2n) is 7.67. The zero-order chi connectivity index (χ0) is 22.0. The van der Waals surface area contributed by atoms with Crippen LogP contribution in [0.4, 0.5) is 5.69 Å². The van der Waals surface area contributed by atoms with Crippen LogP contribution in [0.15, 0.2) is 59.0 Å². The van der Waals surface area contributed by atoms with E-state index in [0.717, 1.165) is 24.8 Å². The van der Waals surface area contributed by atoms with E-state index >= 15 is 0 Å². The van der Waals surface area contributed by atoms with E-state index in [1.54, 1.807) is 30.3 Å². The molecule has 1 aliphatic rings. The largest absolute Gasteiger partial charge is 0.449 e. The van der Waals surface area contributed by atoms with Gasteiger partial charge in [-0.25, -0.2) is 4.79 Å². The highest BCUT2D eigenvalue weighted by atomic mass is 16.6. The topological polar surface area (TPSA) is 85.6 Å². The Morgan fingerprint density at radius 2 is 1.71 bits per heavy atom. The van der Waals surface area contributed by atoms with Gasteiger partial charge in [-0.3, -0.25) is 9.59 Å². The van der Waals surface area contributed by atoms with Crippen LogP contribution in [0.25, 0.3) is 11.3 Å². The lowest BCUT2D eigenvalue weighted by Gasteiger charge is -2.13. The van der Waals surface area contributed by atoms with E-state index in [-0.39, 0.29) is 11.5 Å². The molecule has 31 heavy (non-hydrogen) atoms. The summed E-state index contributed by atoms with van der Waals surface area (Å²) in [5.41, 5.74) is 4.59. The van der Waals surface area contributed by atoms with E-state index in [1.165, 1.54) is 31.0 Å². The van der Waals surface area contributed by atoms with Crippen LogP contribution < -0.4 is 5.32 Å². The first-order chi connectivity index (χ1) is 14.9. The molecule has 1 amide bonds. The summed E-state index contributed by atoms with van der Waals surface area (Å²) in [6.45, 7) is 3.02. The van der Waals surface area contributed by atoms with Crippen molar-refractivity contribution in [2.24, 2.45) is 0 Å². The number of ether oxygens (including phenoxy) is 1. The van der Waals surface area contributed by atoms with Gasteiger partial charge >= 0.3 is 5.97 Å². The van der Waals surface area contributed by atoms with E-state index < -0.39 is 18.0 Å². The smallest absolute Gasteiger partial charge is 0.375 e. The molecule has 0 saturated heterocycles. The minimum atomic E-state index is -0.982. The number of carbonyl (C=O) groups is 3. The number of rotatable bonds is 6. The minimum Gasteiger partial charge on any atom is -0.449 e. The lowest BCUT2D eigenvalue weighted by Crippen LogP contribution is -2.29. The zero-order valence-electron chi connectivity index (χ0n) is 17.4. The minimum absolute atomic E-state index is 0.00262. The molecule has 2 aromatic carbocycles. The van der Waals surface area contributed by atoms with Gasteiger partial charge in [-0.05, 0) is 68.5 Å². The van der Waals surface area contributed by atoms with Crippen molar-refractivity contribution in [3.63, 3.8) is 0 Å². The molecule has 0 saturated carbocycles. The first-order valence-electron chi connectivity index (χ1n) is 10.3. The Hall–Kier alpha value is -3.67. The zero-order valence-corrected chi connectivity index (χ0v) is 17.4. The Balaban J connectivity index is 1.37. The van der Waals surface area contributed by atoms with Crippen molar-refractivity contribution in [2.75, 3.05) is 5.32 Å². The van der Waals surface area contributed by atoms with Gasteiger partial charge in [0.15, 0.2) is 11.9 Å². The Labute approximate surface area is 180 Å².